The van der Waals surface area contributed by atoms with Crippen LogP contribution >= 0.6 is 0 Å². The van der Waals surface area contributed by atoms with Gasteiger partial charge in [-0.05, 0) is 49.9 Å². The maximum Gasteiger partial charge on any atom is 0.321 e. The highest BCUT2D eigenvalue weighted by Crippen LogP contribution is 2.30. The van der Waals surface area contributed by atoms with Crippen molar-refractivity contribution in [1.29, 1.82) is 0 Å². The molecule has 144 valence electrons. The summed E-state index contributed by atoms with van der Waals surface area (Å²) in [6.45, 7) is 1.41. The maximum absolute atomic E-state index is 13.8. The molecule has 1 aliphatic heterocycles. The fourth-order valence-corrected chi connectivity index (χ4v) is 2.99. The van der Waals surface area contributed by atoms with Crippen LogP contribution in [0.4, 0.5) is 14.9 Å². The summed E-state index contributed by atoms with van der Waals surface area (Å²) in [7, 11) is 1.75. The highest BCUT2D eigenvalue weighted by Gasteiger charge is 2.17. The first kappa shape index (κ1) is 19.2. The van der Waals surface area contributed by atoms with Crippen molar-refractivity contribution in [3.05, 3.63) is 54.3 Å². The molecule has 3 rings (SSSR count). The fourth-order valence-electron chi connectivity index (χ4n) is 2.99. The van der Waals surface area contributed by atoms with Gasteiger partial charge in [-0.15, -0.1) is 0 Å². The van der Waals surface area contributed by atoms with E-state index in [1.807, 2.05) is 0 Å². The Kier molecular flexibility index (Phi) is 6.65. The van der Waals surface area contributed by atoms with Crippen LogP contribution in [0.3, 0.4) is 0 Å². The summed E-state index contributed by atoms with van der Waals surface area (Å²) in [4.78, 5) is 14.1. The van der Waals surface area contributed by atoms with E-state index in [1.165, 1.54) is 12.5 Å². The summed E-state index contributed by atoms with van der Waals surface area (Å²) in [5.41, 5.74) is 0.492. The molecule has 5 nitrogen and oxygen atoms in total. The Balaban J connectivity index is 1.59. The van der Waals surface area contributed by atoms with Crippen molar-refractivity contribution < 1.29 is 18.7 Å². The van der Waals surface area contributed by atoms with Gasteiger partial charge in [0.1, 0.15) is 0 Å². The number of anilines is 1. The van der Waals surface area contributed by atoms with E-state index in [2.05, 4.69) is 5.32 Å². The first-order valence-corrected chi connectivity index (χ1v) is 9.28. The number of para-hydroxylation sites is 3. The fraction of sp³-hybridized carbons (Fsp3) is 0.381. The van der Waals surface area contributed by atoms with E-state index in [4.69, 9.17) is 9.47 Å². The highest BCUT2D eigenvalue weighted by atomic mass is 19.1. The number of hydrogen-bond donors (Lipinski definition) is 1. The third-order valence-corrected chi connectivity index (χ3v) is 4.59. The highest BCUT2D eigenvalue weighted by molar-refractivity contribution is 5.90. The van der Waals surface area contributed by atoms with Gasteiger partial charge in [0.15, 0.2) is 17.3 Å². The molecular weight excluding hydrogens is 347 g/mol. The number of hydrogen-bond acceptors (Lipinski definition) is 3. The number of rotatable bonds is 6. The third-order valence-electron chi connectivity index (χ3n) is 4.59. The van der Waals surface area contributed by atoms with Crippen LogP contribution in [-0.2, 0) is 4.74 Å². The van der Waals surface area contributed by atoms with Crippen LogP contribution in [0.1, 0.15) is 25.7 Å². The Morgan fingerprint density at radius 1 is 1.19 bits per heavy atom. The van der Waals surface area contributed by atoms with E-state index < -0.39 is 5.82 Å². The molecule has 0 radical (unpaired) electrons. The third kappa shape index (κ3) is 5.44. The predicted molar refractivity (Wildman–Crippen MR) is 103 cm³/mol. The second-order valence-electron chi connectivity index (χ2n) is 6.66. The lowest BCUT2D eigenvalue weighted by Crippen LogP contribution is -2.34. The van der Waals surface area contributed by atoms with Crippen molar-refractivity contribution in [3.8, 4) is 11.5 Å². The van der Waals surface area contributed by atoms with E-state index in [0.717, 1.165) is 25.9 Å². The average molecular weight is 372 g/mol. The van der Waals surface area contributed by atoms with Gasteiger partial charge >= 0.3 is 6.03 Å². The molecule has 0 aliphatic carbocycles. The number of halogens is 1. The molecule has 0 aromatic heterocycles. The molecule has 1 saturated heterocycles. The topological polar surface area (TPSA) is 50.8 Å². The van der Waals surface area contributed by atoms with Gasteiger partial charge < -0.3 is 19.7 Å². The Morgan fingerprint density at radius 2 is 1.93 bits per heavy atom. The van der Waals surface area contributed by atoms with Crippen molar-refractivity contribution >= 4 is 11.7 Å². The molecule has 1 N–H and O–H groups in total. The second-order valence-corrected chi connectivity index (χ2v) is 6.66. The minimum atomic E-state index is -0.455. The Morgan fingerprint density at radius 3 is 2.67 bits per heavy atom. The van der Waals surface area contributed by atoms with E-state index in [1.54, 1.807) is 54.4 Å². The molecule has 2 amide bonds. The number of benzene rings is 2. The molecule has 0 bridgehead atoms. The SMILES string of the molecule is CN(CCC1CCCCO1)C(=O)Nc1ccccc1Oc1ccccc1F. The van der Waals surface area contributed by atoms with Gasteiger partial charge in [-0.25, -0.2) is 9.18 Å². The number of amides is 2. The molecule has 1 atom stereocenters. The predicted octanol–water partition coefficient (Wildman–Crippen LogP) is 5.04. The van der Waals surface area contributed by atoms with E-state index in [0.29, 0.717) is 18.0 Å². The van der Waals surface area contributed by atoms with Gasteiger partial charge in [0.05, 0.1) is 11.8 Å². The largest absolute Gasteiger partial charge is 0.452 e. The number of urea groups is 1. The van der Waals surface area contributed by atoms with Crippen LogP contribution in [0.15, 0.2) is 48.5 Å². The molecule has 27 heavy (non-hydrogen) atoms. The minimum Gasteiger partial charge on any atom is -0.452 e. The number of nitrogens with zero attached hydrogens (tertiary/aromatic N) is 1. The lowest BCUT2D eigenvalue weighted by atomic mass is 10.1. The summed E-state index contributed by atoms with van der Waals surface area (Å²) in [5.74, 6) is 0.0465. The van der Waals surface area contributed by atoms with Crippen molar-refractivity contribution in [1.82, 2.24) is 4.90 Å². The maximum atomic E-state index is 13.8. The van der Waals surface area contributed by atoms with Crippen LogP contribution in [0.25, 0.3) is 0 Å². The second kappa shape index (κ2) is 9.37. The lowest BCUT2D eigenvalue weighted by molar-refractivity contribution is 0.00848. The normalized spacial score (nSPS) is 16.6. The van der Waals surface area contributed by atoms with Gasteiger partial charge in [0.2, 0.25) is 0 Å². The summed E-state index contributed by atoms with van der Waals surface area (Å²) in [5, 5.41) is 2.84. The number of carbonyl (C=O) groups excluding carboxylic acids is 1. The summed E-state index contributed by atoms with van der Waals surface area (Å²) >= 11 is 0. The zero-order chi connectivity index (χ0) is 19.1. The first-order chi connectivity index (χ1) is 13.1. The van der Waals surface area contributed by atoms with Crippen molar-refractivity contribution in [2.45, 2.75) is 31.8 Å². The van der Waals surface area contributed by atoms with Gasteiger partial charge in [0, 0.05) is 20.2 Å². The Bertz CT molecular complexity index is 763. The molecule has 2 aromatic carbocycles. The monoisotopic (exact) mass is 372 g/mol. The van der Waals surface area contributed by atoms with Crippen LogP contribution in [0.5, 0.6) is 11.5 Å². The lowest BCUT2D eigenvalue weighted by Gasteiger charge is -2.25. The summed E-state index contributed by atoms with van der Waals surface area (Å²) in [6, 6.07) is 12.9. The number of nitrogens with one attached hydrogen (secondary N) is 1. The Hall–Kier alpha value is -2.60. The molecule has 2 aromatic rings. The average Bonchev–Trinajstić information content (AvgIpc) is 2.70. The van der Waals surface area contributed by atoms with Gasteiger partial charge in [-0.2, -0.15) is 0 Å². The molecule has 1 aliphatic rings. The standard InChI is InChI=1S/C21H25FN2O3/c1-24(14-13-16-8-6-7-15-26-16)21(25)23-18-10-3-5-12-20(18)27-19-11-4-2-9-17(19)22/h2-5,9-12,16H,6-8,13-15H2,1H3,(H,23,25). The quantitative estimate of drug-likeness (QED) is 0.773. The minimum absolute atomic E-state index is 0.113. The molecule has 1 unspecified atom stereocenters. The smallest absolute Gasteiger partial charge is 0.321 e. The van der Waals surface area contributed by atoms with Gasteiger partial charge in [-0.1, -0.05) is 24.3 Å². The molecule has 6 heteroatoms. The van der Waals surface area contributed by atoms with Gasteiger partial charge in [0.25, 0.3) is 0 Å². The first-order valence-electron chi connectivity index (χ1n) is 9.28. The van der Waals surface area contributed by atoms with E-state index in [9.17, 15) is 9.18 Å². The molecule has 0 spiro atoms. The number of ether oxygens (including phenoxy) is 2. The van der Waals surface area contributed by atoms with E-state index >= 15 is 0 Å². The molecule has 0 saturated carbocycles. The van der Waals surface area contributed by atoms with Gasteiger partial charge in [-0.3, -0.25) is 0 Å². The number of carbonyl (C=O) groups is 1. The van der Waals surface area contributed by atoms with Crippen LogP contribution < -0.4 is 10.1 Å². The van der Waals surface area contributed by atoms with Crippen LogP contribution in [0.2, 0.25) is 0 Å². The Labute approximate surface area is 159 Å². The molecule has 1 fully saturated rings. The van der Waals surface area contributed by atoms with Crippen molar-refractivity contribution in [2.75, 3.05) is 25.5 Å². The van der Waals surface area contributed by atoms with E-state index in [-0.39, 0.29) is 17.9 Å². The van der Waals surface area contributed by atoms with Crippen LogP contribution in [0, 0.1) is 5.82 Å². The summed E-state index contributed by atoms with van der Waals surface area (Å²) in [6.07, 6.45) is 4.39. The zero-order valence-corrected chi connectivity index (χ0v) is 15.5. The van der Waals surface area contributed by atoms with Crippen molar-refractivity contribution in [3.63, 3.8) is 0 Å². The summed E-state index contributed by atoms with van der Waals surface area (Å²) < 4.78 is 25.2. The molecular formula is C21H25FN2O3. The molecule has 1 heterocycles. The van der Waals surface area contributed by atoms with Crippen LogP contribution in [-0.4, -0.2) is 37.2 Å². The van der Waals surface area contributed by atoms with Crippen molar-refractivity contribution in [2.24, 2.45) is 0 Å². The zero-order valence-electron chi connectivity index (χ0n) is 15.5.